The van der Waals surface area contributed by atoms with Crippen LogP contribution in [0.4, 0.5) is 5.69 Å². The zero-order valence-electron chi connectivity index (χ0n) is 11.3. The van der Waals surface area contributed by atoms with Crippen LogP contribution in [0.25, 0.3) is 0 Å². The van der Waals surface area contributed by atoms with E-state index in [1.165, 1.54) is 0 Å². The molecule has 1 aliphatic heterocycles. The summed E-state index contributed by atoms with van der Waals surface area (Å²) in [4.78, 5) is 25.4. The molecule has 1 atom stereocenters. The van der Waals surface area contributed by atoms with Crippen LogP contribution < -0.4 is 15.4 Å². The van der Waals surface area contributed by atoms with Crippen LogP contribution in [0.15, 0.2) is 24.3 Å². The minimum absolute atomic E-state index is 0.0606. The van der Waals surface area contributed by atoms with E-state index in [0.29, 0.717) is 11.4 Å². The topological polar surface area (TPSA) is 72.6 Å². The second-order valence-corrected chi connectivity index (χ2v) is 5.64. The predicted molar refractivity (Wildman–Crippen MR) is 71.9 cm³/mol. The van der Waals surface area contributed by atoms with E-state index < -0.39 is 17.4 Å². The number of ether oxygens (including phenoxy) is 1. The number of para-hydroxylation sites is 2. The third kappa shape index (κ3) is 2.54. The smallest absolute Gasteiger partial charge is 0.260 e. The Hall–Kier alpha value is -2.04. The minimum Gasteiger partial charge on any atom is -0.477 e. The Morgan fingerprint density at radius 3 is 2.53 bits per heavy atom. The number of benzene rings is 1. The molecule has 1 aliphatic rings. The van der Waals surface area contributed by atoms with Gasteiger partial charge in [0, 0.05) is 5.41 Å². The highest BCUT2D eigenvalue weighted by molar-refractivity contribution is 5.99. The fourth-order valence-corrected chi connectivity index (χ4v) is 1.98. The maximum atomic E-state index is 12.5. The van der Waals surface area contributed by atoms with Crippen molar-refractivity contribution in [1.29, 1.82) is 0 Å². The molecule has 0 aromatic heterocycles. The highest BCUT2D eigenvalue weighted by Gasteiger charge is 2.36. The van der Waals surface area contributed by atoms with Crippen molar-refractivity contribution in [3.63, 3.8) is 0 Å². The summed E-state index contributed by atoms with van der Waals surface area (Å²) in [5.74, 6) is -0.120. The Morgan fingerprint density at radius 2 is 1.95 bits per heavy atom. The average Bonchev–Trinajstić information content (AvgIpc) is 2.35. The van der Waals surface area contributed by atoms with E-state index in [9.17, 15) is 9.59 Å². The van der Waals surface area contributed by atoms with Crippen molar-refractivity contribution in [3.8, 4) is 5.75 Å². The highest BCUT2D eigenvalue weighted by atomic mass is 16.5. The van der Waals surface area contributed by atoms with Crippen LogP contribution >= 0.6 is 0 Å². The zero-order valence-corrected chi connectivity index (χ0v) is 11.3. The summed E-state index contributed by atoms with van der Waals surface area (Å²) in [7, 11) is 0. The summed E-state index contributed by atoms with van der Waals surface area (Å²) in [6, 6.07) is 7.15. The lowest BCUT2D eigenvalue weighted by molar-refractivity contribution is -0.128. The number of carbonyl (C=O) groups is 2. The van der Waals surface area contributed by atoms with E-state index in [2.05, 4.69) is 0 Å². The van der Waals surface area contributed by atoms with Gasteiger partial charge in [-0.15, -0.1) is 0 Å². The molecule has 5 heteroatoms. The number of rotatable bonds is 1. The summed E-state index contributed by atoms with van der Waals surface area (Å²) in [6.07, 6.45) is -0.804. The van der Waals surface area contributed by atoms with Gasteiger partial charge in [-0.1, -0.05) is 32.9 Å². The first-order chi connectivity index (χ1) is 8.80. The van der Waals surface area contributed by atoms with E-state index >= 15 is 0 Å². The average molecular weight is 262 g/mol. The quantitative estimate of drug-likeness (QED) is 0.829. The molecule has 1 heterocycles. The lowest BCUT2D eigenvalue weighted by Crippen LogP contribution is -2.51. The van der Waals surface area contributed by atoms with Crippen molar-refractivity contribution in [3.05, 3.63) is 24.3 Å². The van der Waals surface area contributed by atoms with E-state index in [1.807, 2.05) is 26.8 Å². The lowest BCUT2D eigenvalue weighted by atomic mass is 9.93. The molecular weight excluding hydrogens is 244 g/mol. The maximum Gasteiger partial charge on any atom is 0.260 e. The maximum absolute atomic E-state index is 12.5. The number of primary amides is 1. The van der Waals surface area contributed by atoms with Gasteiger partial charge >= 0.3 is 0 Å². The largest absolute Gasteiger partial charge is 0.477 e. The minimum atomic E-state index is -0.804. The molecule has 5 nitrogen and oxygen atoms in total. The third-order valence-corrected chi connectivity index (χ3v) is 2.98. The van der Waals surface area contributed by atoms with Crippen LogP contribution in [0.3, 0.4) is 0 Å². The van der Waals surface area contributed by atoms with Gasteiger partial charge in [-0.2, -0.15) is 0 Å². The van der Waals surface area contributed by atoms with Gasteiger partial charge in [-0.05, 0) is 12.1 Å². The number of carbonyl (C=O) groups excluding carboxylic acids is 2. The standard InChI is InChI=1S/C14H18N2O3/c1-14(2,3)13(18)16-8-11(12(15)17)19-10-7-5-4-6-9(10)16/h4-7,11H,8H2,1-3H3,(H2,15,17). The summed E-state index contributed by atoms with van der Waals surface area (Å²) in [5.41, 5.74) is 5.44. The van der Waals surface area contributed by atoms with Gasteiger partial charge in [-0.25, -0.2) is 0 Å². The summed E-state index contributed by atoms with van der Waals surface area (Å²) in [5, 5.41) is 0. The van der Waals surface area contributed by atoms with E-state index in [4.69, 9.17) is 10.5 Å². The van der Waals surface area contributed by atoms with Gasteiger partial charge in [0.1, 0.15) is 5.75 Å². The van der Waals surface area contributed by atoms with Crippen molar-refractivity contribution >= 4 is 17.5 Å². The highest BCUT2D eigenvalue weighted by Crippen LogP contribution is 2.35. The molecule has 0 fully saturated rings. The fourth-order valence-electron chi connectivity index (χ4n) is 1.98. The van der Waals surface area contributed by atoms with E-state index in [1.54, 1.807) is 23.1 Å². The van der Waals surface area contributed by atoms with Gasteiger partial charge < -0.3 is 15.4 Å². The molecule has 0 aliphatic carbocycles. The third-order valence-electron chi connectivity index (χ3n) is 2.98. The molecule has 0 saturated heterocycles. The number of amides is 2. The second-order valence-electron chi connectivity index (χ2n) is 5.64. The molecule has 1 aromatic rings. The molecule has 2 N–H and O–H groups in total. The Kier molecular flexibility index (Phi) is 3.22. The SMILES string of the molecule is CC(C)(C)C(=O)N1CC(C(N)=O)Oc2ccccc21. The molecule has 2 rings (SSSR count). The molecule has 0 bridgehead atoms. The van der Waals surface area contributed by atoms with Crippen molar-refractivity contribution < 1.29 is 14.3 Å². The Balaban J connectivity index is 2.42. The van der Waals surface area contributed by atoms with Crippen LogP contribution in [-0.4, -0.2) is 24.5 Å². The molecular formula is C14H18N2O3. The summed E-state index contributed by atoms with van der Waals surface area (Å²) in [6.45, 7) is 5.68. The van der Waals surface area contributed by atoms with Gasteiger partial charge in [-0.3, -0.25) is 9.59 Å². The molecule has 0 spiro atoms. The Labute approximate surface area is 112 Å². The zero-order chi connectivity index (χ0) is 14.2. The molecule has 0 radical (unpaired) electrons. The van der Waals surface area contributed by atoms with Crippen molar-refractivity contribution in [1.82, 2.24) is 0 Å². The van der Waals surface area contributed by atoms with Gasteiger partial charge in [0.05, 0.1) is 12.2 Å². The molecule has 1 aromatic carbocycles. The second kappa shape index (κ2) is 4.57. The number of anilines is 1. The predicted octanol–water partition coefficient (Wildman–Crippen LogP) is 1.31. The number of fused-ring (bicyclic) bond motifs is 1. The molecule has 19 heavy (non-hydrogen) atoms. The number of nitrogens with two attached hydrogens (primary N) is 1. The summed E-state index contributed by atoms with van der Waals surface area (Å²) < 4.78 is 5.52. The van der Waals surface area contributed by atoms with Crippen LogP contribution in [0, 0.1) is 5.41 Å². The lowest BCUT2D eigenvalue weighted by Gasteiger charge is -2.36. The normalized spacial score (nSPS) is 18.5. The van der Waals surface area contributed by atoms with Crippen molar-refractivity contribution in [2.45, 2.75) is 26.9 Å². The summed E-state index contributed by atoms with van der Waals surface area (Å²) >= 11 is 0. The van der Waals surface area contributed by atoms with E-state index in [-0.39, 0.29) is 12.5 Å². The first kappa shape index (κ1) is 13.4. The number of hydrogen-bond acceptors (Lipinski definition) is 3. The first-order valence-electron chi connectivity index (χ1n) is 6.17. The molecule has 1 unspecified atom stereocenters. The van der Waals surface area contributed by atoms with E-state index in [0.717, 1.165) is 0 Å². The van der Waals surface area contributed by atoms with Gasteiger partial charge in [0.2, 0.25) is 5.91 Å². The fraction of sp³-hybridized carbons (Fsp3) is 0.429. The molecule has 102 valence electrons. The Morgan fingerprint density at radius 1 is 1.32 bits per heavy atom. The van der Waals surface area contributed by atoms with Crippen molar-refractivity contribution in [2.75, 3.05) is 11.4 Å². The van der Waals surface area contributed by atoms with Crippen LogP contribution in [0.2, 0.25) is 0 Å². The number of nitrogens with zero attached hydrogens (tertiary/aromatic N) is 1. The monoisotopic (exact) mass is 262 g/mol. The van der Waals surface area contributed by atoms with Gasteiger partial charge in [0.25, 0.3) is 5.91 Å². The van der Waals surface area contributed by atoms with Gasteiger partial charge in [0.15, 0.2) is 6.10 Å². The Bertz CT molecular complexity index is 520. The molecule has 2 amide bonds. The number of hydrogen-bond donors (Lipinski definition) is 1. The molecule has 0 saturated carbocycles. The van der Waals surface area contributed by atoms with Crippen LogP contribution in [0.5, 0.6) is 5.75 Å². The van der Waals surface area contributed by atoms with Crippen molar-refractivity contribution in [2.24, 2.45) is 11.1 Å². The van der Waals surface area contributed by atoms with Crippen LogP contribution in [0.1, 0.15) is 20.8 Å². The van der Waals surface area contributed by atoms with Crippen LogP contribution in [-0.2, 0) is 9.59 Å². The first-order valence-corrected chi connectivity index (χ1v) is 6.17.